The molecule has 0 aliphatic heterocycles. The summed E-state index contributed by atoms with van der Waals surface area (Å²) in [4.78, 5) is 13.5. The van der Waals surface area contributed by atoms with Gasteiger partial charge < -0.3 is 14.4 Å². The van der Waals surface area contributed by atoms with E-state index in [4.69, 9.17) is 4.74 Å². The van der Waals surface area contributed by atoms with Crippen LogP contribution in [0, 0.1) is 5.41 Å². The van der Waals surface area contributed by atoms with Gasteiger partial charge in [-0.2, -0.15) is 0 Å². The van der Waals surface area contributed by atoms with E-state index in [1.807, 2.05) is 12.1 Å². The van der Waals surface area contributed by atoms with Crippen molar-refractivity contribution >= 4 is 6.29 Å². The van der Waals surface area contributed by atoms with Crippen molar-refractivity contribution in [1.29, 1.82) is 0 Å². The van der Waals surface area contributed by atoms with Crippen LogP contribution in [0.5, 0.6) is 5.75 Å². The normalized spacial score (nSPS) is 11.6. The van der Waals surface area contributed by atoms with Crippen molar-refractivity contribution in [3.05, 3.63) is 29.8 Å². The Kier molecular flexibility index (Phi) is 6.03. The summed E-state index contributed by atoms with van der Waals surface area (Å²) < 4.78 is 5.15. The fourth-order valence-electron chi connectivity index (χ4n) is 2.31. The molecule has 0 bridgehead atoms. The van der Waals surface area contributed by atoms with Crippen molar-refractivity contribution in [2.24, 2.45) is 5.41 Å². The lowest BCUT2D eigenvalue weighted by atomic mass is 9.83. The molecule has 1 aromatic rings. The van der Waals surface area contributed by atoms with Gasteiger partial charge in [-0.25, -0.2) is 0 Å². The standard InChI is InChI=1S/C16H25NO2/c1-5-16(6-2,13-18)12-17(3)11-14-7-9-15(19-4)10-8-14/h7-10,13H,5-6,11-12H2,1-4H3. The number of aldehydes is 1. The zero-order chi connectivity index (χ0) is 14.3. The van der Waals surface area contributed by atoms with E-state index in [1.54, 1.807) is 7.11 Å². The Hall–Kier alpha value is -1.35. The molecule has 0 aliphatic rings. The van der Waals surface area contributed by atoms with Crippen LogP contribution in [0.25, 0.3) is 0 Å². The van der Waals surface area contributed by atoms with Gasteiger partial charge in [-0.15, -0.1) is 0 Å². The highest BCUT2D eigenvalue weighted by molar-refractivity contribution is 5.59. The first-order valence-corrected chi connectivity index (χ1v) is 6.87. The van der Waals surface area contributed by atoms with Gasteiger partial charge in [0.15, 0.2) is 0 Å². The van der Waals surface area contributed by atoms with Crippen molar-refractivity contribution in [1.82, 2.24) is 4.90 Å². The highest BCUT2D eigenvalue weighted by atomic mass is 16.5. The average molecular weight is 263 g/mol. The summed E-state index contributed by atoms with van der Waals surface area (Å²) in [5, 5.41) is 0. The van der Waals surface area contributed by atoms with Crippen LogP contribution in [0.1, 0.15) is 32.3 Å². The summed E-state index contributed by atoms with van der Waals surface area (Å²) in [7, 11) is 3.73. The molecule has 0 aliphatic carbocycles. The van der Waals surface area contributed by atoms with Crippen LogP contribution >= 0.6 is 0 Å². The maximum Gasteiger partial charge on any atom is 0.127 e. The number of carbonyl (C=O) groups excluding carboxylic acids is 1. The van der Waals surface area contributed by atoms with Gasteiger partial charge in [0.25, 0.3) is 0 Å². The Morgan fingerprint density at radius 2 is 1.79 bits per heavy atom. The molecule has 3 nitrogen and oxygen atoms in total. The minimum absolute atomic E-state index is 0.207. The number of hydrogen-bond donors (Lipinski definition) is 0. The van der Waals surface area contributed by atoms with Crippen LogP contribution in [0.3, 0.4) is 0 Å². The van der Waals surface area contributed by atoms with Crippen LogP contribution in [0.2, 0.25) is 0 Å². The fourth-order valence-corrected chi connectivity index (χ4v) is 2.31. The minimum Gasteiger partial charge on any atom is -0.497 e. The van der Waals surface area contributed by atoms with Crippen LogP contribution in [-0.4, -0.2) is 31.9 Å². The van der Waals surface area contributed by atoms with E-state index >= 15 is 0 Å². The second-order valence-electron chi connectivity index (χ2n) is 5.21. The van der Waals surface area contributed by atoms with E-state index in [-0.39, 0.29) is 5.41 Å². The average Bonchev–Trinajstić information content (AvgIpc) is 2.46. The monoisotopic (exact) mass is 263 g/mol. The Bertz CT molecular complexity index is 382. The zero-order valence-corrected chi connectivity index (χ0v) is 12.5. The van der Waals surface area contributed by atoms with Gasteiger partial charge in [0.05, 0.1) is 7.11 Å². The van der Waals surface area contributed by atoms with E-state index < -0.39 is 0 Å². The quantitative estimate of drug-likeness (QED) is 0.675. The van der Waals surface area contributed by atoms with Crippen LogP contribution in [0.15, 0.2) is 24.3 Å². The summed E-state index contributed by atoms with van der Waals surface area (Å²) in [6, 6.07) is 8.07. The SMILES string of the molecule is CCC(C=O)(CC)CN(C)Cc1ccc(OC)cc1. The minimum atomic E-state index is -0.207. The lowest BCUT2D eigenvalue weighted by Crippen LogP contribution is -2.35. The summed E-state index contributed by atoms with van der Waals surface area (Å²) >= 11 is 0. The van der Waals surface area contributed by atoms with Gasteiger partial charge >= 0.3 is 0 Å². The zero-order valence-electron chi connectivity index (χ0n) is 12.5. The molecule has 19 heavy (non-hydrogen) atoms. The fraction of sp³-hybridized carbons (Fsp3) is 0.562. The Labute approximate surface area is 116 Å². The number of rotatable bonds is 8. The molecule has 0 fully saturated rings. The summed E-state index contributed by atoms with van der Waals surface area (Å²) in [6.07, 6.45) is 2.90. The summed E-state index contributed by atoms with van der Waals surface area (Å²) in [5.74, 6) is 0.871. The molecule has 0 atom stereocenters. The van der Waals surface area contributed by atoms with Gasteiger partial charge in [-0.05, 0) is 37.6 Å². The van der Waals surface area contributed by atoms with Gasteiger partial charge in [-0.3, -0.25) is 0 Å². The topological polar surface area (TPSA) is 29.5 Å². The Morgan fingerprint density at radius 3 is 2.21 bits per heavy atom. The van der Waals surface area contributed by atoms with Gasteiger partial charge in [0.2, 0.25) is 0 Å². The van der Waals surface area contributed by atoms with Crippen molar-refractivity contribution < 1.29 is 9.53 Å². The van der Waals surface area contributed by atoms with Crippen molar-refractivity contribution in [3.63, 3.8) is 0 Å². The predicted molar refractivity (Wildman–Crippen MR) is 78.4 cm³/mol. The molecule has 106 valence electrons. The van der Waals surface area contributed by atoms with Gasteiger partial charge in [0, 0.05) is 18.5 Å². The maximum atomic E-state index is 11.3. The second kappa shape index (κ2) is 7.29. The lowest BCUT2D eigenvalue weighted by Gasteiger charge is -2.30. The van der Waals surface area contributed by atoms with Crippen molar-refractivity contribution in [2.75, 3.05) is 20.7 Å². The molecule has 0 radical (unpaired) electrons. The van der Waals surface area contributed by atoms with E-state index in [0.717, 1.165) is 38.0 Å². The van der Waals surface area contributed by atoms with E-state index in [9.17, 15) is 4.79 Å². The van der Waals surface area contributed by atoms with Crippen molar-refractivity contribution in [3.8, 4) is 5.75 Å². The third-order valence-corrected chi connectivity index (χ3v) is 3.85. The molecular formula is C16H25NO2. The molecule has 0 unspecified atom stereocenters. The second-order valence-corrected chi connectivity index (χ2v) is 5.21. The molecule has 0 amide bonds. The molecule has 1 aromatic carbocycles. The number of hydrogen-bond acceptors (Lipinski definition) is 3. The smallest absolute Gasteiger partial charge is 0.127 e. The molecule has 3 heteroatoms. The molecule has 0 aromatic heterocycles. The van der Waals surface area contributed by atoms with Crippen LogP contribution in [-0.2, 0) is 11.3 Å². The Balaban J connectivity index is 2.63. The largest absolute Gasteiger partial charge is 0.497 e. The van der Waals surface area contributed by atoms with E-state index in [1.165, 1.54) is 5.56 Å². The summed E-state index contributed by atoms with van der Waals surface area (Å²) in [6.45, 7) is 5.81. The first-order chi connectivity index (χ1) is 9.09. The van der Waals surface area contributed by atoms with Crippen LogP contribution in [0.4, 0.5) is 0 Å². The number of benzene rings is 1. The van der Waals surface area contributed by atoms with E-state index in [2.05, 4.69) is 37.9 Å². The number of ether oxygens (including phenoxy) is 1. The number of nitrogens with zero attached hydrogens (tertiary/aromatic N) is 1. The predicted octanol–water partition coefficient (Wildman–Crippen LogP) is 3.13. The molecule has 0 heterocycles. The molecular weight excluding hydrogens is 238 g/mol. The Morgan fingerprint density at radius 1 is 1.21 bits per heavy atom. The maximum absolute atomic E-state index is 11.3. The van der Waals surface area contributed by atoms with Gasteiger partial charge in [0.1, 0.15) is 12.0 Å². The molecule has 0 saturated heterocycles. The number of carbonyl (C=O) groups is 1. The third-order valence-electron chi connectivity index (χ3n) is 3.85. The van der Waals surface area contributed by atoms with Crippen molar-refractivity contribution in [2.45, 2.75) is 33.2 Å². The molecule has 0 saturated carbocycles. The van der Waals surface area contributed by atoms with Crippen LogP contribution < -0.4 is 4.74 Å². The first-order valence-electron chi connectivity index (χ1n) is 6.87. The summed E-state index contributed by atoms with van der Waals surface area (Å²) in [5.41, 5.74) is 1.02. The lowest BCUT2D eigenvalue weighted by molar-refractivity contribution is -0.117. The first kappa shape index (κ1) is 15.7. The van der Waals surface area contributed by atoms with E-state index in [0.29, 0.717) is 0 Å². The van der Waals surface area contributed by atoms with Gasteiger partial charge in [-0.1, -0.05) is 26.0 Å². The highest BCUT2D eigenvalue weighted by Crippen LogP contribution is 2.25. The molecule has 0 N–H and O–H groups in total. The molecule has 1 rings (SSSR count). The molecule has 0 spiro atoms. The highest BCUT2D eigenvalue weighted by Gasteiger charge is 2.26. The third kappa shape index (κ3) is 4.35. The number of methoxy groups -OCH3 is 1.